The van der Waals surface area contributed by atoms with Crippen molar-refractivity contribution < 1.29 is 4.74 Å². The van der Waals surface area contributed by atoms with E-state index in [2.05, 4.69) is 48.7 Å². The lowest BCUT2D eigenvalue weighted by Gasteiger charge is -2.08. The molecule has 0 aliphatic rings. The molecule has 0 unspecified atom stereocenters. The predicted molar refractivity (Wildman–Crippen MR) is 97.4 cm³/mol. The van der Waals surface area contributed by atoms with Gasteiger partial charge in [0, 0.05) is 18.3 Å². The number of allylic oxidation sites excluding steroid dienone is 1. The average molecular weight is 297 g/mol. The molecule has 2 heteroatoms. The molecular formula is C20H27NO. The summed E-state index contributed by atoms with van der Waals surface area (Å²) in [4.78, 5) is 0. The normalized spacial score (nSPS) is 10.0. The molecule has 0 radical (unpaired) electrons. The molecule has 0 spiro atoms. The zero-order valence-electron chi connectivity index (χ0n) is 14.1. The second-order valence-electron chi connectivity index (χ2n) is 4.64. The molecule has 0 aliphatic carbocycles. The average Bonchev–Trinajstić information content (AvgIpc) is 2.60. The SMILES string of the molecule is CC.CC/C=C/c1cccc(CNc2cccc(OC)c2)c1. The summed E-state index contributed by atoms with van der Waals surface area (Å²) in [6.45, 7) is 6.95. The zero-order chi connectivity index (χ0) is 16.2. The Kier molecular flexibility index (Phi) is 8.51. The third-order valence-electron chi connectivity index (χ3n) is 3.06. The highest BCUT2D eigenvalue weighted by atomic mass is 16.5. The zero-order valence-corrected chi connectivity index (χ0v) is 14.1. The Morgan fingerprint density at radius 3 is 2.55 bits per heavy atom. The highest BCUT2D eigenvalue weighted by molar-refractivity contribution is 5.52. The van der Waals surface area contributed by atoms with Crippen molar-refractivity contribution in [2.75, 3.05) is 12.4 Å². The van der Waals surface area contributed by atoms with Crippen molar-refractivity contribution in [3.8, 4) is 5.75 Å². The van der Waals surface area contributed by atoms with E-state index in [1.807, 2.05) is 38.1 Å². The van der Waals surface area contributed by atoms with E-state index in [4.69, 9.17) is 4.74 Å². The molecule has 0 aromatic heterocycles. The molecule has 2 aromatic rings. The number of hydrogen-bond acceptors (Lipinski definition) is 2. The van der Waals surface area contributed by atoms with Gasteiger partial charge in [-0.15, -0.1) is 0 Å². The lowest BCUT2D eigenvalue weighted by atomic mass is 10.1. The molecular weight excluding hydrogens is 270 g/mol. The first-order chi connectivity index (χ1) is 10.8. The predicted octanol–water partition coefficient (Wildman–Crippen LogP) is 5.76. The van der Waals surface area contributed by atoms with Crippen LogP contribution in [0.3, 0.4) is 0 Å². The van der Waals surface area contributed by atoms with Gasteiger partial charge in [-0.1, -0.05) is 57.2 Å². The summed E-state index contributed by atoms with van der Waals surface area (Å²) in [6.07, 6.45) is 5.40. The molecule has 0 fully saturated rings. The Hall–Kier alpha value is -2.22. The van der Waals surface area contributed by atoms with Crippen molar-refractivity contribution in [1.29, 1.82) is 0 Å². The van der Waals surface area contributed by atoms with Crippen molar-refractivity contribution in [1.82, 2.24) is 0 Å². The van der Waals surface area contributed by atoms with Crippen LogP contribution in [0.4, 0.5) is 5.69 Å². The minimum Gasteiger partial charge on any atom is -0.497 e. The molecule has 2 nitrogen and oxygen atoms in total. The minimum absolute atomic E-state index is 0.807. The van der Waals surface area contributed by atoms with Crippen molar-refractivity contribution in [3.63, 3.8) is 0 Å². The molecule has 0 amide bonds. The number of nitrogens with one attached hydrogen (secondary N) is 1. The summed E-state index contributed by atoms with van der Waals surface area (Å²) in [5.41, 5.74) is 3.58. The fourth-order valence-corrected chi connectivity index (χ4v) is 2.00. The van der Waals surface area contributed by atoms with Crippen LogP contribution in [0.2, 0.25) is 0 Å². The largest absolute Gasteiger partial charge is 0.497 e. The molecule has 0 heterocycles. The Labute approximate surface area is 134 Å². The van der Waals surface area contributed by atoms with Crippen LogP contribution >= 0.6 is 0 Å². The van der Waals surface area contributed by atoms with Crippen molar-refractivity contribution in [2.45, 2.75) is 33.7 Å². The molecule has 1 N–H and O–H groups in total. The maximum absolute atomic E-state index is 5.22. The van der Waals surface area contributed by atoms with Crippen LogP contribution in [-0.2, 0) is 6.54 Å². The molecule has 118 valence electrons. The van der Waals surface area contributed by atoms with Gasteiger partial charge in [0.25, 0.3) is 0 Å². The summed E-state index contributed by atoms with van der Waals surface area (Å²) >= 11 is 0. The molecule has 0 aliphatic heterocycles. The lowest BCUT2D eigenvalue weighted by molar-refractivity contribution is 0.415. The van der Waals surface area contributed by atoms with Gasteiger partial charge in [0.15, 0.2) is 0 Å². The molecule has 0 saturated heterocycles. The summed E-state index contributed by atoms with van der Waals surface area (Å²) in [5.74, 6) is 0.870. The lowest BCUT2D eigenvalue weighted by Crippen LogP contribution is -1.99. The number of ether oxygens (including phenoxy) is 1. The van der Waals surface area contributed by atoms with E-state index < -0.39 is 0 Å². The standard InChI is InChI=1S/C18H21NO.C2H6/c1-3-4-7-15-8-5-9-16(12-15)14-19-17-10-6-11-18(13-17)20-2;1-2/h4-13,19H,3,14H2,1-2H3;1-2H3/b7-4+;. The summed E-state index contributed by atoms with van der Waals surface area (Å²) in [7, 11) is 1.68. The first-order valence-electron chi connectivity index (χ1n) is 7.95. The maximum atomic E-state index is 5.22. The molecule has 22 heavy (non-hydrogen) atoms. The number of rotatable bonds is 6. The second kappa shape index (κ2) is 10.5. The number of anilines is 1. The van der Waals surface area contributed by atoms with Gasteiger partial charge in [-0.3, -0.25) is 0 Å². The number of benzene rings is 2. The third kappa shape index (κ3) is 6.04. The highest BCUT2D eigenvalue weighted by Crippen LogP contribution is 2.17. The van der Waals surface area contributed by atoms with Gasteiger partial charge in [-0.05, 0) is 35.7 Å². The van der Waals surface area contributed by atoms with Gasteiger partial charge < -0.3 is 10.1 Å². The first-order valence-corrected chi connectivity index (χ1v) is 7.95. The summed E-state index contributed by atoms with van der Waals surface area (Å²) < 4.78 is 5.22. The number of hydrogen-bond donors (Lipinski definition) is 1. The highest BCUT2D eigenvalue weighted by Gasteiger charge is 1.97. The van der Waals surface area contributed by atoms with Crippen LogP contribution in [-0.4, -0.2) is 7.11 Å². The Balaban J connectivity index is 0.00000116. The smallest absolute Gasteiger partial charge is 0.120 e. The van der Waals surface area contributed by atoms with Gasteiger partial charge in [0.05, 0.1) is 7.11 Å². The quantitative estimate of drug-likeness (QED) is 0.732. The molecule has 0 bridgehead atoms. The topological polar surface area (TPSA) is 21.3 Å². The van der Waals surface area contributed by atoms with Crippen LogP contribution in [0.5, 0.6) is 5.75 Å². The van der Waals surface area contributed by atoms with E-state index in [1.54, 1.807) is 7.11 Å². The van der Waals surface area contributed by atoms with E-state index in [-0.39, 0.29) is 0 Å². The van der Waals surface area contributed by atoms with Gasteiger partial charge in [0.2, 0.25) is 0 Å². The van der Waals surface area contributed by atoms with Crippen molar-refractivity contribution in [3.05, 3.63) is 65.7 Å². The van der Waals surface area contributed by atoms with Crippen LogP contribution in [0.25, 0.3) is 6.08 Å². The van der Waals surface area contributed by atoms with Crippen LogP contribution < -0.4 is 10.1 Å². The van der Waals surface area contributed by atoms with Crippen molar-refractivity contribution >= 4 is 11.8 Å². The Bertz CT molecular complexity index is 575. The van der Waals surface area contributed by atoms with Gasteiger partial charge >= 0.3 is 0 Å². The van der Waals surface area contributed by atoms with Crippen LogP contribution in [0.1, 0.15) is 38.3 Å². The van der Waals surface area contributed by atoms with E-state index in [0.717, 1.165) is 24.4 Å². The van der Waals surface area contributed by atoms with E-state index >= 15 is 0 Å². The first kappa shape index (κ1) is 17.8. The Morgan fingerprint density at radius 1 is 1.05 bits per heavy atom. The molecule has 0 atom stereocenters. The fraction of sp³-hybridized carbons (Fsp3) is 0.300. The van der Waals surface area contributed by atoms with Gasteiger partial charge in [-0.25, -0.2) is 0 Å². The van der Waals surface area contributed by atoms with Crippen molar-refractivity contribution in [2.24, 2.45) is 0 Å². The van der Waals surface area contributed by atoms with Gasteiger partial charge in [-0.2, -0.15) is 0 Å². The summed E-state index contributed by atoms with van der Waals surface area (Å²) in [5, 5.41) is 3.41. The Morgan fingerprint density at radius 2 is 1.82 bits per heavy atom. The second-order valence-corrected chi connectivity index (χ2v) is 4.64. The summed E-state index contributed by atoms with van der Waals surface area (Å²) in [6, 6.07) is 16.5. The fourth-order valence-electron chi connectivity index (χ4n) is 2.00. The van der Waals surface area contributed by atoms with Gasteiger partial charge in [0.1, 0.15) is 5.75 Å². The number of methoxy groups -OCH3 is 1. The van der Waals surface area contributed by atoms with E-state index in [1.165, 1.54) is 11.1 Å². The van der Waals surface area contributed by atoms with E-state index in [0.29, 0.717) is 0 Å². The van der Waals surface area contributed by atoms with E-state index in [9.17, 15) is 0 Å². The van der Waals surface area contributed by atoms with Crippen LogP contribution in [0, 0.1) is 0 Å². The molecule has 0 saturated carbocycles. The monoisotopic (exact) mass is 297 g/mol. The van der Waals surface area contributed by atoms with Crippen LogP contribution in [0.15, 0.2) is 54.6 Å². The third-order valence-corrected chi connectivity index (χ3v) is 3.06. The molecule has 2 rings (SSSR count). The maximum Gasteiger partial charge on any atom is 0.120 e. The minimum atomic E-state index is 0.807. The molecule has 2 aromatic carbocycles.